The fraction of sp³-hybridized carbons (Fsp3) is 0.629. The quantitative estimate of drug-likeness (QED) is 0.299. The number of hydrogen-bond donors (Lipinski definition) is 2. The number of nitrogens with one attached hydrogen (secondary N) is 2. The fourth-order valence-electron chi connectivity index (χ4n) is 6.70. The lowest BCUT2D eigenvalue weighted by Gasteiger charge is -2.40. The van der Waals surface area contributed by atoms with Crippen LogP contribution in [0.4, 0.5) is 5.69 Å². The number of methoxy groups -OCH3 is 2. The fourth-order valence-corrected chi connectivity index (χ4v) is 6.70. The monoisotopic (exact) mass is 609 g/mol. The normalized spacial score (nSPS) is 23.6. The van der Waals surface area contributed by atoms with Gasteiger partial charge in [-0.2, -0.15) is 0 Å². The third-order valence-electron chi connectivity index (χ3n) is 9.25. The maximum absolute atomic E-state index is 13.2. The van der Waals surface area contributed by atoms with Gasteiger partial charge >= 0.3 is 0 Å². The lowest BCUT2D eigenvalue weighted by Crippen LogP contribution is -2.50. The molecule has 242 valence electrons. The summed E-state index contributed by atoms with van der Waals surface area (Å²) in [6.07, 6.45) is 4.81. The van der Waals surface area contributed by atoms with Crippen LogP contribution in [0.2, 0.25) is 0 Å². The highest BCUT2D eigenvalue weighted by Crippen LogP contribution is 2.37. The molecule has 0 spiro atoms. The van der Waals surface area contributed by atoms with Crippen molar-refractivity contribution in [3.63, 3.8) is 0 Å². The van der Waals surface area contributed by atoms with E-state index in [1.54, 1.807) is 14.2 Å². The van der Waals surface area contributed by atoms with E-state index in [0.717, 1.165) is 81.2 Å². The van der Waals surface area contributed by atoms with Crippen LogP contribution in [0.15, 0.2) is 42.5 Å². The van der Waals surface area contributed by atoms with Gasteiger partial charge in [-0.1, -0.05) is 32.0 Å². The topological polar surface area (TPSA) is 90.5 Å². The van der Waals surface area contributed by atoms with Crippen molar-refractivity contribution in [1.29, 1.82) is 0 Å². The number of benzene rings is 2. The molecular formula is C35H51N3O6. The van der Waals surface area contributed by atoms with Gasteiger partial charge in [0.05, 0.1) is 38.2 Å². The first-order valence-corrected chi connectivity index (χ1v) is 16.2. The van der Waals surface area contributed by atoms with E-state index in [-0.39, 0.29) is 30.1 Å². The van der Waals surface area contributed by atoms with E-state index in [4.69, 9.17) is 23.7 Å². The molecule has 3 heterocycles. The van der Waals surface area contributed by atoms with E-state index in [2.05, 4.69) is 45.9 Å². The van der Waals surface area contributed by atoms with E-state index >= 15 is 0 Å². The first-order chi connectivity index (χ1) is 21.4. The molecular weight excluding hydrogens is 558 g/mol. The highest BCUT2D eigenvalue weighted by atomic mass is 16.5. The maximum Gasteiger partial charge on any atom is 0.225 e. The number of anilines is 1. The average Bonchev–Trinajstić information content (AvgIpc) is 3.57. The van der Waals surface area contributed by atoms with Gasteiger partial charge in [-0.05, 0) is 67.5 Å². The number of rotatable bonds is 14. The zero-order valence-corrected chi connectivity index (χ0v) is 26.9. The Hall–Kier alpha value is -2.85. The Labute approximate surface area is 262 Å². The van der Waals surface area contributed by atoms with E-state index in [0.29, 0.717) is 26.3 Å². The van der Waals surface area contributed by atoms with Crippen LogP contribution in [-0.2, 0) is 25.6 Å². The van der Waals surface area contributed by atoms with Crippen LogP contribution in [0.3, 0.4) is 0 Å². The van der Waals surface area contributed by atoms with Gasteiger partial charge in [-0.25, -0.2) is 0 Å². The van der Waals surface area contributed by atoms with Crippen molar-refractivity contribution < 1.29 is 28.5 Å². The Balaban J connectivity index is 1.24. The summed E-state index contributed by atoms with van der Waals surface area (Å²) in [5, 5.41) is 6.87. The second-order valence-corrected chi connectivity index (χ2v) is 13.0. The van der Waals surface area contributed by atoms with Crippen LogP contribution in [0.25, 0.3) is 0 Å². The van der Waals surface area contributed by atoms with Crippen molar-refractivity contribution in [2.45, 2.75) is 76.7 Å². The molecule has 0 radical (unpaired) electrons. The van der Waals surface area contributed by atoms with Gasteiger partial charge in [0.2, 0.25) is 5.91 Å². The molecule has 1 amide bonds. The van der Waals surface area contributed by atoms with Crippen molar-refractivity contribution in [3.05, 3.63) is 53.6 Å². The van der Waals surface area contributed by atoms with Crippen LogP contribution in [-0.4, -0.2) is 84.4 Å². The smallest absolute Gasteiger partial charge is 0.225 e. The SMILES string of the molecule is COCCCN1CCOc2ccc(CO[C@H]3CN[C@H](CC(C)(C)C(=O)NCC4CCCO4)C[C@@H]3c3ccc(OC)cc3)cc21. The largest absolute Gasteiger partial charge is 0.497 e. The number of piperidine rings is 1. The highest BCUT2D eigenvalue weighted by Gasteiger charge is 2.37. The van der Waals surface area contributed by atoms with Gasteiger partial charge in [0.1, 0.15) is 18.1 Å². The molecule has 0 aromatic heterocycles. The molecule has 2 saturated heterocycles. The molecule has 0 aliphatic carbocycles. The molecule has 2 aromatic carbocycles. The third kappa shape index (κ3) is 8.44. The Morgan fingerprint density at radius 2 is 1.98 bits per heavy atom. The number of hydrogen-bond acceptors (Lipinski definition) is 8. The predicted molar refractivity (Wildman–Crippen MR) is 172 cm³/mol. The summed E-state index contributed by atoms with van der Waals surface area (Å²) in [6.45, 7) is 9.95. The first kappa shape index (κ1) is 32.5. The lowest BCUT2D eigenvalue weighted by atomic mass is 9.77. The Morgan fingerprint density at radius 1 is 1.14 bits per heavy atom. The molecule has 4 atom stereocenters. The van der Waals surface area contributed by atoms with Crippen LogP contribution >= 0.6 is 0 Å². The predicted octanol–water partition coefficient (Wildman–Crippen LogP) is 4.67. The summed E-state index contributed by atoms with van der Waals surface area (Å²) in [5.41, 5.74) is 2.98. The second-order valence-electron chi connectivity index (χ2n) is 13.0. The summed E-state index contributed by atoms with van der Waals surface area (Å²) in [4.78, 5) is 15.6. The molecule has 2 aromatic rings. The molecule has 0 bridgehead atoms. The number of carbonyl (C=O) groups excluding carboxylic acids is 1. The summed E-state index contributed by atoms with van der Waals surface area (Å²) >= 11 is 0. The number of carbonyl (C=O) groups is 1. The third-order valence-corrected chi connectivity index (χ3v) is 9.25. The Morgan fingerprint density at radius 3 is 2.73 bits per heavy atom. The highest BCUT2D eigenvalue weighted by molar-refractivity contribution is 5.81. The minimum Gasteiger partial charge on any atom is -0.497 e. The lowest BCUT2D eigenvalue weighted by molar-refractivity contribution is -0.130. The molecule has 5 rings (SSSR count). The number of amides is 1. The number of fused-ring (bicyclic) bond motifs is 1. The van der Waals surface area contributed by atoms with Gasteiger partial charge in [0.25, 0.3) is 0 Å². The molecule has 1 unspecified atom stereocenters. The summed E-state index contributed by atoms with van der Waals surface area (Å²) in [5.74, 6) is 2.04. The number of nitrogens with zero attached hydrogens (tertiary/aromatic N) is 1. The van der Waals surface area contributed by atoms with Crippen LogP contribution < -0.4 is 25.0 Å². The minimum absolute atomic E-state index is 0.0128. The molecule has 0 saturated carbocycles. The van der Waals surface area contributed by atoms with Gasteiger partial charge in [-0.3, -0.25) is 4.79 Å². The maximum atomic E-state index is 13.2. The van der Waals surface area contributed by atoms with E-state index in [9.17, 15) is 4.79 Å². The van der Waals surface area contributed by atoms with Crippen molar-refractivity contribution in [3.8, 4) is 11.5 Å². The minimum atomic E-state index is -0.505. The van der Waals surface area contributed by atoms with Crippen molar-refractivity contribution in [2.24, 2.45) is 5.41 Å². The summed E-state index contributed by atoms with van der Waals surface area (Å²) < 4.78 is 29.0. The molecule has 9 heteroatoms. The Bertz CT molecular complexity index is 1200. The average molecular weight is 610 g/mol. The van der Waals surface area contributed by atoms with Gasteiger partial charge in [0, 0.05) is 57.3 Å². The molecule has 9 nitrogen and oxygen atoms in total. The zero-order chi connectivity index (χ0) is 30.9. The standard InChI is InChI=1S/C35H51N3O6/c1-35(2,34(39)37-22-29-7-5-17-42-29)21-27-20-30(26-9-11-28(41-4)12-10-26)33(23-36-27)44-24-25-8-13-32-31(19-25)38(15-18-43-32)14-6-16-40-3/h8-13,19,27,29-30,33,36H,5-7,14-18,20-24H2,1-4H3,(H,37,39)/t27-,29?,30+,33-/m0/s1. The summed E-state index contributed by atoms with van der Waals surface area (Å²) in [7, 11) is 3.44. The molecule has 3 aliphatic rings. The van der Waals surface area contributed by atoms with Crippen LogP contribution in [0.5, 0.6) is 11.5 Å². The van der Waals surface area contributed by atoms with E-state index in [1.165, 1.54) is 5.56 Å². The summed E-state index contributed by atoms with van der Waals surface area (Å²) in [6, 6.07) is 14.9. The first-order valence-electron chi connectivity index (χ1n) is 16.2. The van der Waals surface area contributed by atoms with E-state index in [1.807, 2.05) is 26.0 Å². The Kier molecular flexibility index (Phi) is 11.4. The van der Waals surface area contributed by atoms with Gasteiger partial charge in [0.15, 0.2) is 0 Å². The molecule has 44 heavy (non-hydrogen) atoms. The van der Waals surface area contributed by atoms with E-state index < -0.39 is 5.41 Å². The molecule has 2 fully saturated rings. The molecule has 3 aliphatic heterocycles. The van der Waals surface area contributed by atoms with Gasteiger partial charge in [-0.15, -0.1) is 0 Å². The van der Waals surface area contributed by atoms with Crippen LogP contribution in [0, 0.1) is 5.41 Å². The van der Waals surface area contributed by atoms with Crippen molar-refractivity contribution in [2.75, 3.05) is 65.1 Å². The van der Waals surface area contributed by atoms with Crippen LogP contribution in [0.1, 0.15) is 63.0 Å². The van der Waals surface area contributed by atoms with Crippen molar-refractivity contribution >= 4 is 11.6 Å². The number of ether oxygens (including phenoxy) is 5. The van der Waals surface area contributed by atoms with Gasteiger partial charge < -0.3 is 39.2 Å². The zero-order valence-electron chi connectivity index (χ0n) is 26.9. The van der Waals surface area contributed by atoms with Crippen molar-refractivity contribution in [1.82, 2.24) is 10.6 Å². The second kappa shape index (κ2) is 15.4. The molecule has 2 N–H and O–H groups in total.